The highest BCUT2D eigenvalue weighted by Crippen LogP contribution is 2.40. The van der Waals surface area contributed by atoms with Crippen LogP contribution in [0.15, 0.2) is 43.0 Å². The van der Waals surface area contributed by atoms with Crippen molar-refractivity contribution < 1.29 is 14.7 Å². The lowest BCUT2D eigenvalue weighted by Gasteiger charge is -2.33. The molecule has 2 amide bonds. The third-order valence-electron chi connectivity index (χ3n) is 7.62. The Morgan fingerprint density at radius 1 is 1.03 bits per heavy atom. The molecule has 1 aromatic carbocycles. The predicted molar refractivity (Wildman–Crippen MR) is 138 cm³/mol. The fourth-order valence-corrected chi connectivity index (χ4v) is 5.63. The predicted octanol–water partition coefficient (Wildman–Crippen LogP) is 4.65. The zero-order valence-electron chi connectivity index (χ0n) is 20.9. The van der Waals surface area contributed by atoms with Gasteiger partial charge in [-0.05, 0) is 73.1 Å². The number of carbonyl (C=O) groups excluding carboxylic acids is 1. The molecular weight excluding hydrogens is 468 g/mol. The topological polar surface area (TPSA) is 115 Å². The Hall–Kier alpha value is -4.27. The van der Waals surface area contributed by atoms with Gasteiger partial charge in [0.15, 0.2) is 0 Å². The second kappa shape index (κ2) is 8.99. The lowest BCUT2D eigenvalue weighted by atomic mass is 9.86. The molecule has 3 aromatic heterocycles. The van der Waals surface area contributed by atoms with Gasteiger partial charge in [-0.2, -0.15) is 0 Å². The van der Waals surface area contributed by atoms with Crippen molar-refractivity contribution in [3.63, 3.8) is 0 Å². The van der Waals surface area contributed by atoms with Crippen LogP contribution in [-0.2, 0) is 13.0 Å². The highest BCUT2D eigenvalue weighted by Gasteiger charge is 2.34. The molecule has 5 heterocycles. The molecule has 1 atom stereocenters. The maximum Gasteiger partial charge on any atom is 0.407 e. The van der Waals surface area contributed by atoms with Crippen LogP contribution in [0.5, 0.6) is 0 Å². The molecule has 4 aromatic rings. The van der Waals surface area contributed by atoms with Gasteiger partial charge in [-0.3, -0.25) is 4.79 Å². The number of carboxylic acid groups (broad SMARTS) is 1. The number of H-pyrrole nitrogens is 1. The van der Waals surface area contributed by atoms with Crippen LogP contribution >= 0.6 is 0 Å². The van der Waals surface area contributed by atoms with Crippen LogP contribution in [0.4, 0.5) is 4.79 Å². The summed E-state index contributed by atoms with van der Waals surface area (Å²) in [5.41, 5.74) is 7.63. The van der Waals surface area contributed by atoms with Gasteiger partial charge in [-0.15, -0.1) is 0 Å². The molecule has 0 spiro atoms. The number of aryl methyl sites for hydroxylation is 2. The quantitative estimate of drug-likeness (QED) is 0.427. The summed E-state index contributed by atoms with van der Waals surface area (Å²) in [6.45, 7) is 5.35. The number of likely N-dealkylation sites (tertiary alicyclic amines) is 1. The van der Waals surface area contributed by atoms with E-state index in [9.17, 15) is 14.7 Å². The molecule has 1 fully saturated rings. The lowest BCUT2D eigenvalue weighted by molar-refractivity contribution is 0.0731. The minimum Gasteiger partial charge on any atom is -0.465 e. The standard InChI is InChI=1S/C28H28N6O3/c1-16-11-31-26-22(16)10-20(12-32-26)19-8-18-5-7-33(27(35)21-13-29-17(2)30-14-21)15-24(18)23(9-19)25-4-3-6-34(25)28(36)37/h8-14,25H,3-7,15H2,1-2H3,(H,31,32)(H,36,37)/t25-/m0/s1. The highest BCUT2D eigenvalue weighted by atomic mass is 16.4. The van der Waals surface area contributed by atoms with Gasteiger partial charge in [0.1, 0.15) is 11.5 Å². The van der Waals surface area contributed by atoms with E-state index in [1.165, 1.54) is 4.90 Å². The second-order valence-corrected chi connectivity index (χ2v) is 9.92. The van der Waals surface area contributed by atoms with Crippen LogP contribution in [0.25, 0.3) is 22.2 Å². The third-order valence-corrected chi connectivity index (χ3v) is 7.62. The smallest absolute Gasteiger partial charge is 0.407 e. The summed E-state index contributed by atoms with van der Waals surface area (Å²) in [5.74, 6) is 0.507. The number of aromatic nitrogens is 4. The summed E-state index contributed by atoms with van der Waals surface area (Å²) >= 11 is 0. The van der Waals surface area contributed by atoms with Gasteiger partial charge in [-0.1, -0.05) is 6.07 Å². The summed E-state index contributed by atoms with van der Waals surface area (Å²) in [5, 5.41) is 11.0. The van der Waals surface area contributed by atoms with Crippen LogP contribution in [0, 0.1) is 13.8 Å². The summed E-state index contributed by atoms with van der Waals surface area (Å²) in [7, 11) is 0. The Morgan fingerprint density at radius 3 is 2.62 bits per heavy atom. The third kappa shape index (κ3) is 4.10. The maximum absolute atomic E-state index is 13.3. The SMILES string of the molecule is Cc1ncc(C(=O)N2CCc3cc(-c4cnc5[nH]cc(C)c5c4)cc([C@@H]4CCCN4C(=O)O)c3C2)cn1. The van der Waals surface area contributed by atoms with Crippen molar-refractivity contribution in [3.8, 4) is 11.1 Å². The number of aromatic amines is 1. The molecule has 6 rings (SSSR count). The number of fused-ring (bicyclic) bond motifs is 2. The average Bonchev–Trinajstić information content (AvgIpc) is 3.55. The first-order valence-corrected chi connectivity index (χ1v) is 12.6. The van der Waals surface area contributed by atoms with E-state index in [-0.39, 0.29) is 11.9 Å². The maximum atomic E-state index is 13.3. The van der Waals surface area contributed by atoms with E-state index in [0.717, 1.165) is 57.3 Å². The van der Waals surface area contributed by atoms with Crippen molar-refractivity contribution in [2.75, 3.05) is 13.1 Å². The number of hydrogen-bond acceptors (Lipinski definition) is 5. The molecule has 0 aliphatic carbocycles. The van der Waals surface area contributed by atoms with Crippen molar-refractivity contribution in [3.05, 3.63) is 76.6 Å². The first-order valence-electron chi connectivity index (χ1n) is 12.6. The number of nitrogens with zero attached hydrogens (tertiary/aromatic N) is 5. The first kappa shape index (κ1) is 23.1. The fourth-order valence-electron chi connectivity index (χ4n) is 5.63. The number of benzene rings is 1. The molecule has 2 N–H and O–H groups in total. The molecule has 9 heteroatoms. The molecule has 37 heavy (non-hydrogen) atoms. The van der Waals surface area contributed by atoms with E-state index in [4.69, 9.17) is 0 Å². The normalized spacial score (nSPS) is 17.3. The van der Waals surface area contributed by atoms with Crippen molar-refractivity contribution in [2.24, 2.45) is 0 Å². The largest absolute Gasteiger partial charge is 0.465 e. The van der Waals surface area contributed by atoms with Gasteiger partial charge in [0.05, 0.1) is 11.6 Å². The minimum atomic E-state index is -0.909. The van der Waals surface area contributed by atoms with Crippen LogP contribution in [-0.4, -0.2) is 59.9 Å². The van der Waals surface area contributed by atoms with Crippen molar-refractivity contribution in [2.45, 2.75) is 45.7 Å². The van der Waals surface area contributed by atoms with Gasteiger partial charge in [0.25, 0.3) is 5.91 Å². The zero-order valence-corrected chi connectivity index (χ0v) is 20.9. The van der Waals surface area contributed by atoms with E-state index in [2.05, 4.69) is 45.1 Å². The number of carbonyl (C=O) groups is 2. The van der Waals surface area contributed by atoms with Crippen molar-refractivity contribution >= 4 is 23.0 Å². The Morgan fingerprint density at radius 2 is 1.84 bits per heavy atom. The summed E-state index contributed by atoms with van der Waals surface area (Å²) in [6, 6.07) is 6.19. The van der Waals surface area contributed by atoms with Gasteiger partial charge in [0, 0.05) is 55.4 Å². The number of nitrogens with one attached hydrogen (secondary N) is 1. The van der Waals surface area contributed by atoms with Crippen molar-refractivity contribution in [1.82, 2.24) is 29.7 Å². The number of amides is 2. The number of pyridine rings is 1. The molecule has 2 aliphatic heterocycles. The molecular formula is C28H28N6O3. The molecule has 0 saturated carbocycles. The van der Waals surface area contributed by atoms with E-state index in [0.29, 0.717) is 37.4 Å². The summed E-state index contributed by atoms with van der Waals surface area (Å²) in [4.78, 5) is 44.9. The zero-order chi connectivity index (χ0) is 25.7. The lowest BCUT2D eigenvalue weighted by Crippen LogP contribution is -2.37. The molecule has 9 nitrogen and oxygen atoms in total. The first-order chi connectivity index (χ1) is 17.9. The Kier molecular flexibility index (Phi) is 5.62. The van der Waals surface area contributed by atoms with Gasteiger partial charge in [-0.25, -0.2) is 19.7 Å². The number of rotatable bonds is 3. The molecule has 188 valence electrons. The van der Waals surface area contributed by atoms with E-state index in [1.807, 2.05) is 17.3 Å². The average molecular weight is 497 g/mol. The molecule has 0 radical (unpaired) electrons. The van der Waals surface area contributed by atoms with Crippen LogP contribution in [0.3, 0.4) is 0 Å². The van der Waals surface area contributed by atoms with Crippen molar-refractivity contribution in [1.29, 1.82) is 0 Å². The Balaban J connectivity index is 1.43. The van der Waals surface area contributed by atoms with Gasteiger partial charge >= 0.3 is 6.09 Å². The van der Waals surface area contributed by atoms with Crippen LogP contribution < -0.4 is 0 Å². The molecule has 1 saturated heterocycles. The van der Waals surface area contributed by atoms with Gasteiger partial charge in [0.2, 0.25) is 0 Å². The van der Waals surface area contributed by atoms with E-state index < -0.39 is 6.09 Å². The summed E-state index contributed by atoms with van der Waals surface area (Å²) in [6.07, 6.45) is 8.31. The fraction of sp³-hybridized carbons (Fsp3) is 0.321. The minimum absolute atomic E-state index is 0.111. The molecule has 0 unspecified atom stereocenters. The van der Waals surface area contributed by atoms with E-state index in [1.54, 1.807) is 19.3 Å². The highest BCUT2D eigenvalue weighted by molar-refractivity contribution is 5.94. The van der Waals surface area contributed by atoms with Gasteiger partial charge < -0.3 is 19.9 Å². The number of hydrogen-bond donors (Lipinski definition) is 2. The molecule has 2 aliphatic rings. The Bertz CT molecular complexity index is 1530. The van der Waals surface area contributed by atoms with Crippen LogP contribution in [0.2, 0.25) is 0 Å². The second-order valence-electron chi connectivity index (χ2n) is 9.92. The van der Waals surface area contributed by atoms with E-state index >= 15 is 0 Å². The molecule has 0 bridgehead atoms. The van der Waals surface area contributed by atoms with Crippen LogP contribution in [0.1, 0.15) is 57.3 Å². The summed E-state index contributed by atoms with van der Waals surface area (Å²) < 4.78 is 0. The Labute approximate surface area is 214 Å². The monoisotopic (exact) mass is 496 g/mol.